The normalized spacial score (nSPS) is 21.4. The highest BCUT2D eigenvalue weighted by molar-refractivity contribution is 6.45. The molecule has 1 aliphatic carbocycles. The summed E-state index contributed by atoms with van der Waals surface area (Å²) < 4.78 is 0. The van der Waals surface area contributed by atoms with E-state index >= 15 is 0 Å². The highest BCUT2D eigenvalue weighted by atomic mass is 16.1. The molecule has 3 fully saturated rings. The zero-order valence-electron chi connectivity index (χ0n) is 20.4. The van der Waals surface area contributed by atoms with E-state index in [4.69, 9.17) is 10.4 Å². The number of hydrogen-bond donors (Lipinski definition) is 3. The van der Waals surface area contributed by atoms with E-state index in [0.717, 1.165) is 50.8 Å². The van der Waals surface area contributed by atoms with Crippen LogP contribution < -0.4 is 15.5 Å². The van der Waals surface area contributed by atoms with Gasteiger partial charge in [-0.25, -0.2) is 4.98 Å². The zero-order chi connectivity index (χ0) is 23.0. The number of hydrogen-bond acceptors (Lipinski definition) is 6. The van der Waals surface area contributed by atoms with Gasteiger partial charge in [0.15, 0.2) is 0 Å². The molecule has 0 bridgehead atoms. The van der Waals surface area contributed by atoms with Crippen molar-refractivity contribution in [2.45, 2.75) is 76.7 Å². The molecule has 0 spiro atoms. The van der Waals surface area contributed by atoms with Crippen LogP contribution in [0.15, 0.2) is 12.1 Å². The average molecular weight is 455 g/mol. The molecular formula is C26H42N6O. The first-order valence-electron chi connectivity index (χ1n) is 13.2. The third-order valence-electron chi connectivity index (χ3n) is 7.71. The number of carbonyl (C=O) groups is 1. The number of pyridine rings is 1. The van der Waals surface area contributed by atoms with Gasteiger partial charge in [0.1, 0.15) is 17.3 Å². The first kappa shape index (κ1) is 24.0. The maximum atomic E-state index is 12.9. The largest absolute Gasteiger partial charge is 0.373 e. The number of aromatic nitrogens is 1. The van der Waals surface area contributed by atoms with Crippen LogP contribution in [0.4, 0.5) is 11.6 Å². The Bertz CT molecular complexity index is 790. The van der Waals surface area contributed by atoms with Crippen molar-refractivity contribution in [2.24, 2.45) is 5.92 Å². The summed E-state index contributed by atoms with van der Waals surface area (Å²) in [6.07, 6.45) is 13.7. The second kappa shape index (κ2) is 11.8. The van der Waals surface area contributed by atoms with Gasteiger partial charge in [0.05, 0.1) is 0 Å². The van der Waals surface area contributed by atoms with Crippen LogP contribution in [0.5, 0.6) is 0 Å². The molecule has 2 aliphatic heterocycles. The first-order chi connectivity index (χ1) is 16.1. The molecule has 1 aromatic rings. The van der Waals surface area contributed by atoms with Gasteiger partial charge in [0.2, 0.25) is 0 Å². The van der Waals surface area contributed by atoms with Crippen LogP contribution in [0, 0.1) is 11.3 Å². The van der Waals surface area contributed by atoms with Crippen LogP contribution in [0.3, 0.4) is 0 Å². The van der Waals surface area contributed by atoms with Crippen LogP contribution in [0.1, 0.15) is 76.2 Å². The van der Waals surface area contributed by atoms with Crippen LogP contribution in [-0.4, -0.2) is 67.3 Å². The molecule has 1 aromatic heterocycles. The Morgan fingerprint density at radius 3 is 2.30 bits per heavy atom. The third-order valence-corrected chi connectivity index (χ3v) is 7.71. The van der Waals surface area contributed by atoms with E-state index in [2.05, 4.69) is 20.4 Å². The molecule has 0 radical (unpaired) electrons. The molecule has 3 heterocycles. The summed E-state index contributed by atoms with van der Waals surface area (Å²) in [5, 5.41) is 14.8. The van der Waals surface area contributed by atoms with Crippen molar-refractivity contribution in [3.8, 4) is 0 Å². The van der Waals surface area contributed by atoms with Gasteiger partial charge in [-0.2, -0.15) is 0 Å². The second-order valence-electron chi connectivity index (χ2n) is 10.1. The van der Waals surface area contributed by atoms with Gasteiger partial charge in [0, 0.05) is 51.4 Å². The van der Waals surface area contributed by atoms with Crippen molar-refractivity contribution in [1.29, 1.82) is 5.41 Å². The molecule has 0 aromatic carbocycles. The molecule has 3 aliphatic rings. The Kier molecular flexibility index (Phi) is 8.59. The number of rotatable bonds is 7. The van der Waals surface area contributed by atoms with Crippen LogP contribution >= 0.6 is 0 Å². The van der Waals surface area contributed by atoms with E-state index in [-0.39, 0.29) is 17.7 Å². The molecule has 0 unspecified atom stereocenters. The lowest BCUT2D eigenvalue weighted by Crippen LogP contribution is -2.47. The maximum Gasteiger partial charge on any atom is 0.270 e. The summed E-state index contributed by atoms with van der Waals surface area (Å²) in [5.41, 5.74) is 0.573. The number of amides is 1. The second-order valence-corrected chi connectivity index (χ2v) is 10.1. The molecule has 7 nitrogen and oxygen atoms in total. The van der Waals surface area contributed by atoms with Gasteiger partial charge in [-0.05, 0) is 56.6 Å². The number of nitrogens with one attached hydrogen (secondary N) is 3. The predicted molar refractivity (Wildman–Crippen MR) is 135 cm³/mol. The molecule has 3 N–H and O–H groups in total. The van der Waals surface area contributed by atoms with Gasteiger partial charge in [0.25, 0.3) is 5.91 Å². The van der Waals surface area contributed by atoms with E-state index in [9.17, 15) is 4.79 Å². The lowest BCUT2D eigenvalue weighted by atomic mass is 10.0. The molecule has 1 amide bonds. The topological polar surface area (TPSA) is 84.4 Å². The number of piperidine rings is 1. The van der Waals surface area contributed by atoms with E-state index in [1.165, 1.54) is 64.3 Å². The number of anilines is 2. The summed E-state index contributed by atoms with van der Waals surface area (Å²) in [6, 6.07) is 4.02. The van der Waals surface area contributed by atoms with E-state index < -0.39 is 0 Å². The molecule has 182 valence electrons. The maximum absolute atomic E-state index is 12.9. The third kappa shape index (κ3) is 6.46. The van der Waals surface area contributed by atoms with E-state index in [0.29, 0.717) is 11.4 Å². The predicted octanol–water partition coefficient (Wildman–Crippen LogP) is 4.03. The summed E-state index contributed by atoms with van der Waals surface area (Å²) in [7, 11) is 1.81. The summed E-state index contributed by atoms with van der Waals surface area (Å²) >= 11 is 0. The smallest absolute Gasteiger partial charge is 0.270 e. The first-order valence-corrected chi connectivity index (χ1v) is 13.2. The summed E-state index contributed by atoms with van der Waals surface area (Å²) in [4.78, 5) is 22.6. The summed E-state index contributed by atoms with van der Waals surface area (Å²) in [5.74, 6) is 2.13. The van der Waals surface area contributed by atoms with E-state index in [1.54, 1.807) is 0 Å². The summed E-state index contributed by atoms with van der Waals surface area (Å²) in [6.45, 7) is 5.35. The zero-order valence-corrected chi connectivity index (χ0v) is 20.4. The van der Waals surface area contributed by atoms with Crippen molar-refractivity contribution >= 4 is 23.3 Å². The standard InChI is InChI=1S/C26H42N6O/c1-28-25-22(11-12-23(30-25)32-15-7-3-2-4-8-16-32)24(27)26(33)29-21-13-17-31(18-14-21)19-20-9-5-6-10-20/h11-12,20-21,27H,2-10,13-19H2,1H3,(H,28,30)(H,29,33). The van der Waals surface area contributed by atoms with E-state index in [1.807, 2.05) is 19.2 Å². The number of nitrogens with zero attached hydrogens (tertiary/aromatic N) is 3. The van der Waals surface area contributed by atoms with Gasteiger partial charge in [-0.1, -0.05) is 32.1 Å². The Morgan fingerprint density at radius 2 is 1.64 bits per heavy atom. The van der Waals surface area contributed by atoms with Crippen molar-refractivity contribution in [2.75, 3.05) is 50.0 Å². The van der Waals surface area contributed by atoms with Gasteiger partial charge in [-0.3, -0.25) is 10.2 Å². The molecule has 2 saturated heterocycles. The van der Waals surface area contributed by atoms with Crippen molar-refractivity contribution in [3.63, 3.8) is 0 Å². The molecule has 1 saturated carbocycles. The highest BCUT2D eigenvalue weighted by Gasteiger charge is 2.26. The van der Waals surface area contributed by atoms with Crippen LogP contribution in [0.25, 0.3) is 0 Å². The van der Waals surface area contributed by atoms with Gasteiger partial charge in [-0.15, -0.1) is 0 Å². The molecular weight excluding hydrogens is 412 g/mol. The fourth-order valence-corrected chi connectivity index (χ4v) is 5.69. The molecule has 4 rings (SSSR count). The Balaban J connectivity index is 1.31. The molecule has 7 heteroatoms. The minimum absolute atomic E-state index is 0.000508. The molecule has 33 heavy (non-hydrogen) atoms. The molecule has 0 atom stereocenters. The highest BCUT2D eigenvalue weighted by Crippen LogP contribution is 2.27. The van der Waals surface area contributed by atoms with Gasteiger partial charge < -0.3 is 20.4 Å². The lowest BCUT2D eigenvalue weighted by molar-refractivity contribution is -0.115. The fourth-order valence-electron chi connectivity index (χ4n) is 5.69. The number of likely N-dealkylation sites (tertiary alicyclic amines) is 1. The van der Waals surface area contributed by atoms with Crippen molar-refractivity contribution < 1.29 is 4.79 Å². The van der Waals surface area contributed by atoms with Crippen LogP contribution in [0.2, 0.25) is 0 Å². The van der Waals surface area contributed by atoms with Crippen LogP contribution in [-0.2, 0) is 4.79 Å². The monoisotopic (exact) mass is 454 g/mol. The number of carbonyl (C=O) groups excluding carboxylic acids is 1. The SMILES string of the molecule is CNc1nc(N2CCCCCCC2)ccc1C(=N)C(=O)NC1CCN(CC2CCCC2)CC1. The quantitative estimate of drug-likeness (QED) is 0.542. The van der Waals surface area contributed by atoms with Crippen molar-refractivity contribution in [3.05, 3.63) is 17.7 Å². The minimum Gasteiger partial charge on any atom is -0.373 e. The van der Waals surface area contributed by atoms with Gasteiger partial charge >= 0.3 is 0 Å². The lowest BCUT2D eigenvalue weighted by Gasteiger charge is -2.33. The fraction of sp³-hybridized carbons (Fsp3) is 0.731. The Labute approximate surface area is 199 Å². The Morgan fingerprint density at radius 1 is 0.970 bits per heavy atom. The van der Waals surface area contributed by atoms with Crippen molar-refractivity contribution in [1.82, 2.24) is 15.2 Å². The average Bonchev–Trinajstić information content (AvgIpc) is 3.32. The minimum atomic E-state index is -0.290. The Hall–Kier alpha value is -2.15.